The van der Waals surface area contributed by atoms with E-state index in [2.05, 4.69) is 34.7 Å². The van der Waals surface area contributed by atoms with Gasteiger partial charge in [0, 0.05) is 0 Å². The molecule has 0 fully saturated rings. The van der Waals surface area contributed by atoms with Crippen molar-refractivity contribution in [3.05, 3.63) is 0 Å². The summed E-state index contributed by atoms with van der Waals surface area (Å²) >= 11 is 0. The van der Waals surface area contributed by atoms with E-state index in [9.17, 15) is 14.4 Å². The zero-order chi connectivity index (χ0) is 21.5. The van der Waals surface area contributed by atoms with Crippen molar-refractivity contribution < 1.29 is 14.4 Å². The number of nitrogens with zero attached hydrogens (tertiary/aromatic N) is 1. The van der Waals surface area contributed by atoms with Gasteiger partial charge in [-0.2, -0.15) is 0 Å². The van der Waals surface area contributed by atoms with Crippen LogP contribution < -0.4 is 16.0 Å². The number of carbonyl (C=O) groups is 3. The lowest BCUT2D eigenvalue weighted by atomic mass is 10.0. The van der Waals surface area contributed by atoms with Gasteiger partial charge in [0.05, 0.1) is 12.6 Å². The number of hydrogen-bond donors (Lipinski definition) is 3. The number of amides is 2. The maximum Gasteiger partial charge on any atom is 0.242 e. The molecular weight excluding hydrogens is 356 g/mol. The Balaban J connectivity index is 4.78. The van der Waals surface area contributed by atoms with Crippen LogP contribution in [0.3, 0.4) is 0 Å². The second-order valence-corrected chi connectivity index (χ2v) is 7.83. The fourth-order valence-corrected chi connectivity index (χ4v) is 3.28. The highest BCUT2D eigenvalue weighted by atomic mass is 16.2. The maximum atomic E-state index is 12.6. The van der Waals surface area contributed by atoms with Crippen molar-refractivity contribution >= 4 is 17.6 Å². The molecule has 0 aromatic heterocycles. The molecule has 7 nitrogen and oxygen atoms in total. The molecule has 0 heterocycles. The number of hydrogen-bond acceptors (Lipinski definition) is 5. The Bertz CT molecular complexity index is 463. The number of ketones is 1. The summed E-state index contributed by atoms with van der Waals surface area (Å²) in [6, 6.07) is -0.972. The van der Waals surface area contributed by atoms with Crippen LogP contribution in [0, 0.1) is 5.92 Å². The molecule has 3 N–H and O–H groups in total. The smallest absolute Gasteiger partial charge is 0.242 e. The number of unbranched alkanes of at least 4 members (excludes halogenated alkanes) is 1. The first-order valence-electron chi connectivity index (χ1n) is 10.7. The molecule has 0 aromatic carbocycles. The van der Waals surface area contributed by atoms with Crippen LogP contribution in [0.5, 0.6) is 0 Å². The van der Waals surface area contributed by atoms with Crippen molar-refractivity contribution in [2.75, 3.05) is 33.2 Å². The Morgan fingerprint density at radius 2 is 1.54 bits per heavy atom. The predicted molar refractivity (Wildman–Crippen MR) is 114 cm³/mol. The number of Topliss-reactive ketones (excluding diaryl/α,β-unsaturated/α-hetero) is 1. The van der Waals surface area contributed by atoms with E-state index in [0.717, 1.165) is 45.3 Å². The van der Waals surface area contributed by atoms with Gasteiger partial charge in [0.25, 0.3) is 0 Å². The van der Waals surface area contributed by atoms with Crippen molar-refractivity contribution in [2.45, 2.75) is 78.8 Å². The zero-order valence-corrected chi connectivity index (χ0v) is 18.8. The van der Waals surface area contributed by atoms with Gasteiger partial charge in [-0.3, -0.25) is 14.4 Å². The molecule has 0 bridgehead atoms. The molecule has 0 aliphatic rings. The normalized spacial score (nSPS) is 13.4. The number of nitrogens with one attached hydrogen (secondary N) is 3. The minimum Gasteiger partial charge on any atom is -0.347 e. The molecular formula is C21H42N4O3. The van der Waals surface area contributed by atoms with E-state index in [0.29, 0.717) is 6.42 Å². The van der Waals surface area contributed by atoms with Crippen molar-refractivity contribution in [1.29, 1.82) is 0 Å². The van der Waals surface area contributed by atoms with Crippen LogP contribution in [0.1, 0.15) is 66.7 Å². The standard InChI is InChI=1S/C21H42N4O3/c1-7-12-25(13-8-2)14-10-9-11-18(20(27)23-15-17(5)26)24-21(28)19(22-6)16(3)4/h16,18-19,22H,7-15H2,1-6H3,(H,23,27)(H,24,28)/t18-,19-/m0/s1. The molecule has 28 heavy (non-hydrogen) atoms. The number of rotatable bonds is 16. The highest BCUT2D eigenvalue weighted by Gasteiger charge is 2.26. The number of likely N-dealkylation sites (N-methyl/N-ethyl adjacent to an activating group) is 1. The molecule has 2 amide bonds. The van der Waals surface area contributed by atoms with Gasteiger partial charge in [-0.1, -0.05) is 27.7 Å². The van der Waals surface area contributed by atoms with E-state index in [1.54, 1.807) is 7.05 Å². The first-order valence-corrected chi connectivity index (χ1v) is 10.7. The second kappa shape index (κ2) is 15.5. The first-order chi connectivity index (χ1) is 13.3. The molecule has 0 saturated heterocycles. The van der Waals surface area contributed by atoms with Crippen LogP contribution in [-0.2, 0) is 14.4 Å². The summed E-state index contributed by atoms with van der Waals surface area (Å²) in [6.45, 7) is 12.9. The van der Waals surface area contributed by atoms with Gasteiger partial charge in [0.1, 0.15) is 11.8 Å². The van der Waals surface area contributed by atoms with Crippen molar-refractivity contribution in [2.24, 2.45) is 5.92 Å². The summed E-state index contributed by atoms with van der Waals surface area (Å²) in [5, 5.41) is 8.50. The van der Waals surface area contributed by atoms with E-state index in [4.69, 9.17) is 0 Å². The summed E-state index contributed by atoms with van der Waals surface area (Å²) < 4.78 is 0. The SMILES string of the molecule is CCCN(CCC)CCCC[C@H](NC(=O)[C@@H](NC)C(C)C)C(=O)NCC(C)=O. The Hall–Kier alpha value is -1.47. The fourth-order valence-electron chi connectivity index (χ4n) is 3.28. The molecule has 0 spiro atoms. The predicted octanol–water partition coefficient (Wildman–Crippen LogP) is 1.71. The minimum absolute atomic E-state index is 0.00831. The zero-order valence-electron chi connectivity index (χ0n) is 18.8. The van der Waals surface area contributed by atoms with Gasteiger partial charge in [0.2, 0.25) is 11.8 Å². The lowest BCUT2D eigenvalue weighted by molar-refractivity contribution is -0.131. The average Bonchev–Trinajstić information content (AvgIpc) is 2.62. The van der Waals surface area contributed by atoms with E-state index >= 15 is 0 Å². The van der Waals surface area contributed by atoms with Crippen LogP contribution in [0.25, 0.3) is 0 Å². The van der Waals surface area contributed by atoms with Gasteiger partial charge in [-0.05, 0) is 71.6 Å². The third-order valence-electron chi connectivity index (χ3n) is 4.70. The van der Waals surface area contributed by atoms with E-state index in [1.165, 1.54) is 6.92 Å². The van der Waals surface area contributed by atoms with E-state index in [1.807, 2.05) is 13.8 Å². The summed E-state index contributed by atoms with van der Waals surface area (Å²) in [6.07, 6.45) is 4.65. The summed E-state index contributed by atoms with van der Waals surface area (Å²) in [4.78, 5) is 38.7. The lowest BCUT2D eigenvalue weighted by Crippen LogP contribution is -2.54. The molecule has 0 rings (SSSR count). The highest BCUT2D eigenvalue weighted by Crippen LogP contribution is 2.07. The van der Waals surface area contributed by atoms with Crippen LogP contribution in [0.15, 0.2) is 0 Å². The van der Waals surface area contributed by atoms with Crippen LogP contribution in [-0.4, -0.2) is 67.8 Å². The molecule has 0 aromatic rings. The quantitative estimate of drug-likeness (QED) is 0.344. The molecule has 0 unspecified atom stereocenters. The highest BCUT2D eigenvalue weighted by molar-refractivity contribution is 5.91. The third-order valence-corrected chi connectivity index (χ3v) is 4.70. The molecule has 0 aliphatic carbocycles. The molecule has 7 heteroatoms. The monoisotopic (exact) mass is 398 g/mol. The van der Waals surface area contributed by atoms with Gasteiger partial charge in [-0.25, -0.2) is 0 Å². The van der Waals surface area contributed by atoms with E-state index < -0.39 is 6.04 Å². The lowest BCUT2D eigenvalue weighted by Gasteiger charge is -2.25. The topological polar surface area (TPSA) is 90.5 Å². The summed E-state index contributed by atoms with van der Waals surface area (Å²) in [5.41, 5.74) is 0. The van der Waals surface area contributed by atoms with Crippen LogP contribution in [0.2, 0.25) is 0 Å². The van der Waals surface area contributed by atoms with Crippen molar-refractivity contribution in [3.63, 3.8) is 0 Å². The molecule has 0 saturated carbocycles. The van der Waals surface area contributed by atoms with Crippen molar-refractivity contribution in [1.82, 2.24) is 20.9 Å². The largest absolute Gasteiger partial charge is 0.347 e. The summed E-state index contributed by atoms with van der Waals surface area (Å²) in [7, 11) is 1.74. The average molecular weight is 399 g/mol. The first kappa shape index (κ1) is 26.5. The third kappa shape index (κ3) is 11.4. The summed E-state index contributed by atoms with van der Waals surface area (Å²) in [5.74, 6) is -0.466. The van der Waals surface area contributed by atoms with E-state index in [-0.39, 0.29) is 36.1 Å². The Labute approximate surface area is 171 Å². The Morgan fingerprint density at radius 3 is 2.00 bits per heavy atom. The van der Waals surface area contributed by atoms with Gasteiger partial charge in [-0.15, -0.1) is 0 Å². The van der Waals surface area contributed by atoms with Crippen LogP contribution in [0.4, 0.5) is 0 Å². The second-order valence-electron chi connectivity index (χ2n) is 7.83. The van der Waals surface area contributed by atoms with Crippen molar-refractivity contribution in [3.8, 4) is 0 Å². The Kier molecular flexibility index (Phi) is 14.6. The molecule has 2 atom stereocenters. The fraction of sp³-hybridized carbons (Fsp3) is 0.857. The molecule has 0 radical (unpaired) electrons. The Morgan fingerprint density at radius 1 is 0.929 bits per heavy atom. The molecule has 164 valence electrons. The molecule has 0 aliphatic heterocycles. The van der Waals surface area contributed by atoms with Gasteiger partial charge in [0.15, 0.2) is 0 Å². The van der Waals surface area contributed by atoms with Gasteiger partial charge < -0.3 is 20.9 Å². The van der Waals surface area contributed by atoms with Gasteiger partial charge >= 0.3 is 0 Å². The minimum atomic E-state index is -0.618. The number of carbonyl (C=O) groups excluding carboxylic acids is 3. The maximum absolute atomic E-state index is 12.6. The van der Waals surface area contributed by atoms with Crippen LogP contribution >= 0.6 is 0 Å².